The molecule has 1 aliphatic heterocycles. The molecule has 0 aromatic heterocycles. The SMILES string of the molecule is CCCCC[N+]1(C(=O)C(=O)C(C)(C)CC)C=C(c2ccccc2)C=CN1C(=O)[O-]. The number of benzene rings is 1. The highest BCUT2D eigenvalue weighted by atomic mass is 16.4. The van der Waals surface area contributed by atoms with Gasteiger partial charge in [0.15, 0.2) is 6.09 Å². The van der Waals surface area contributed by atoms with Crippen LogP contribution in [0.15, 0.2) is 48.8 Å². The Hall–Kier alpha value is -2.73. The number of ketones is 1. The Morgan fingerprint density at radius 3 is 2.28 bits per heavy atom. The number of allylic oxidation sites excluding steroid dienone is 2. The van der Waals surface area contributed by atoms with Crippen LogP contribution in [0.25, 0.3) is 5.57 Å². The summed E-state index contributed by atoms with van der Waals surface area (Å²) in [6.45, 7) is 7.45. The van der Waals surface area contributed by atoms with Gasteiger partial charge in [-0.15, -0.1) is 4.59 Å². The fraction of sp³-hybridized carbons (Fsp3) is 0.435. The summed E-state index contributed by atoms with van der Waals surface area (Å²) in [6, 6.07) is 9.38. The second kappa shape index (κ2) is 9.18. The van der Waals surface area contributed by atoms with Crippen molar-refractivity contribution in [3.05, 3.63) is 54.4 Å². The van der Waals surface area contributed by atoms with Crippen molar-refractivity contribution in [3.8, 4) is 0 Å². The highest BCUT2D eigenvalue weighted by Crippen LogP contribution is 2.32. The van der Waals surface area contributed by atoms with Gasteiger partial charge >= 0.3 is 5.91 Å². The van der Waals surface area contributed by atoms with E-state index in [-0.39, 0.29) is 6.54 Å². The number of amides is 2. The highest BCUT2D eigenvalue weighted by Gasteiger charge is 2.50. The van der Waals surface area contributed by atoms with Crippen molar-refractivity contribution in [3.63, 3.8) is 0 Å². The molecule has 0 spiro atoms. The molecule has 0 N–H and O–H groups in total. The monoisotopic (exact) mass is 398 g/mol. The molecular weight excluding hydrogens is 368 g/mol. The van der Waals surface area contributed by atoms with Crippen LogP contribution in [0.2, 0.25) is 0 Å². The third-order valence-corrected chi connectivity index (χ3v) is 5.57. The number of quaternary nitrogens is 1. The molecule has 1 aromatic rings. The summed E-state index contributed by atoms with van der Waals surface area (Å²) in [7, 11) is 0. The van der Waals surface area contributed by atoms with E-state index in [2.05, 4.69) is 0 Å². The maximum absolute atomic E-state index is 13.5. The number of carboxylic acid groups (broad SMARTS) is 1. The maximum atomic E-state index is 13.5. The molecule has 1 heterocycles. The Labute approximate surface area is 172 Å². The van der Waals surface area contributed by atoms with Crippen LogP contribution in [-0.4, -0.2) is 33.9 Å². The van der Waals surface area contributed by atoms with Crippen LogP contribution in [0, 0.1) is 5.41 Å². The Kier molecular flexibility index (Phi) is 7.14. The van der Waals surface area contributed by atoms with Gasteiger partial charge in [-0.05, 0) is 30.9 Å². The van der Waals surface area contributed by atoms with E-state index < -0.39 is 27.8 Å². The first-order valence-electron chi connectivity index (χ1n) is 10.1. The molecule has 156 valence electrons. The van der Waals surface area contributed by atoms with Gasteiger partial charge in [0.25, 0.3) is 5.78 Å². The molecule has 1 atom stereocenters. The van der Waals surface area contributed by atoms with Crippen molar-refractivity contribution in [2.24, 2.45) is 5.41 Å². The standard InChI is InChI=1S/C23H30N2O4/c1-5-7-11-16-25(21(27)20(26)23(3,4)6-2)17-19(14-15-24(25)22(28)29)18-12-9-8-10-13-18/h8-10,12-15,17H,5-7,11,16H2,1-4H3. The summed E-state index contributed by atoms with van der Waals surface area (Å²) >= 11 is 0. The molecule has 0 saturated carbocycles. The number of hydrogen-bond donors (Lipinski definition) is 0. The molecule has 2 amide bonds. The van der Waals surface area contributed by atoms with E-state index in [4.69, 9.17) is 0 Å². The lowest BCUT2D eigenvalue weighted by Gasteiger charge is -2.42. The molecule has 1 unspecified atom stereocenters. The van der Waals surface area contributed by atoms with Crippen molar-refractivity contribution < 1.29 is 24.1 Å². The molecular formula is C23H30N2O4. The van der Waals surface area contributed by atoms with Crippen LogP contribution < -0.4 is 5.11 Å². The van der Waals surface area contributed by atoms with E-state index in [0.29, 0.717) is 18.4 Å². The van der Waals surface area contributed by atoms with Crippen LogP contribution in [0.3, 0.4) is 0 Å². The van der Waals surface area contributed by atoms with Crippen molar-refractivity contribution in [1.29, 1.82) is 0 Å². The molecule has 2 rings (SSSR count). The van der Waals surface area contributed by atoms with E-state index in [9.17, 15) is 19.5 Å². The third-order valence-electron chi connectivity index (χ3n) is 5.57. The number of carbonyl (C=O) groups excluding carboxylic acids is 3. The summed E-state index contributed by atoms with van der Waals surface area (Å²) < 4.78 is -0.717. The minimum atomic E-state index is -1.52. The number of nitrogens with zero attached hydrogens (tertiary/aromatic N) is 2. The molecule has 1 aliphatic rings. The topological polar surface area (TPSA) is 77.5 Å². The average molecular weight is 399 g/mol. The van der Waals surface area contributed by atoms with Crippen LogP contribution in [0.4, 0.5) is 4.79 Å². The number of rotatable bonds is 8. The van der Waals surface area contributed by atoms with Crippen molar-refractivity contribution in [2.75, 3.05) is 6.54 Å². The summed E-state index contributed by atoms with van der Waals surface area (Å²) in [4.78, 5) is 38.6. The van der Waals surface area contributed by atoms with Gasteiger partial charge in [-0.2, -0.15) is 5.01 Å². The number of unbranched alkanes of at least 4 members (excludes halogenated alkanes) is 2. The van der Waals surface area contributed by atoms with Gasteiger partial charge in [0, 0.05) is 11.0 Å². The molecule has 0 radical (unpaired) electrons. The van der Waals surface area contributed by atoms with Gasteiger partial charge in [0.1, 0.15) is 12.7 Å². The molecule has 0 saturated heterocycles. The maximum Gasteiger partial charge on any atom is 0.411 e. The van der Waals surface area contributed by atoms with Crippen LogP contribution >= 0.6 is 0 Å². The Morgan fingerprint density at radius 2 is 1.72 bits per heavy atom. The lowest BCUT2D eigenvalue weighted by molar-refractivity contribution is -0.903. The zero-order valence-electron chi connectivity index (χ0n) is 17.7. The van der Waals surface area contributed by atoms with Crippen LogP contribution in [0.1, 0.15) is 58.9 Å². The fourth-order valence-electron chi connectivity index (χ4n) is 3.27. The van der Waals surface area contributed by atoms with Crippen LogP contribution in [0.5, 0.6) is 0 Å². The first kappa shape index (κ1) is 22.6. The van der Waals surface area contributed by atoms with Gasteiger partial charge in [0.2, 0.25) is 0 Å². The number of hydrogen-bond acceptors (Lipinski definition) is 4. The molecule has 0 fully saturated rings. The van der Waals surface area contributed by atoms with Crippen molar-refractivity contribution in [1.82, 2.24) is 5.01 Å². The second-order valence-corrected chi connectivity index (χ2v) is 8.01. The number of Topliss-reactive ketones (excluding diaryl/α,β-unsaturated/α-hetero) is 1. The quantitative estimate of drug-likeness (QED) is 0.380. The largest absolute Gasteiger partial charge is 0.526 e. The lowest BCUT2D eigenvalue weighted by Crippen LogP contribution is -2.66. The predicted molar refractivity (Wildman–Crippen MR) is 110 cm³/mol. The van der Waals surface area contributed by atoms with E-state index >= 15 is 0 Å². The third kappa shape index (κ3) is 4.65. The second-order valence-electron chi connectivity index (χ2n) is 8.01. The number of carbonyl (C=O) groups is 3. The van der Waals surface area contributed by atoms with Crippen LogP contribution in [-0.2, 0) is 9.59 Å². The minimum Gasteiger partial charge on any atom is -0.526 e. The predicted octanol–water partition coefficient (Wildman–Crippen LogP) is 3.65. The highest BCUT2D eigenvalue weighted by molar-refractivity contribution is 6.35. The summed E-state index contributed by atoms with van der Waals surface area (Å²) in [5.41, 5.74) is 0.650. The summed E-state index contributed by atoms with van der Waals surface area (Å²) in [5, 5.41) is 12.8. The molecule has 6 nitrogen and oxygen atoms in total. The fourth-order valence-corrected chi connectivity index (χ4v) is 3.27. The van der Waals surface area contributed by atoms with Gasteiger partial charge in [0.05, 0.1) is 6.20 Å². The smallest absolute Gasteiger partial charge is 0.411 e. The van der Waals surface area contributed by atoms with E-state index in [1.165, 1.54) is 6.20 Å². The first-order chi connectivity index (χ1) is 13.7. The molecule has 1 aromatic carbocycles. The summed E-state index contributed by atoms with van der Waals surface area (Å²) in [5.74, 6) is -1.34. The zero-order chi connectivity index (χ0) is 21.7. The average Bonchev–Trinajstić information content (AvgIpc) is 2.73. The summed E-state index contributed by atoms with van der Waals surface area (Å²) in [6.07, 6.45) is 5.81. The molecule has 0 aliphatic carbocycles. The zero-order valence-corrected chi connectivity index (χ0v) is 17.7. The molecule has 29 heavy (non-hydrogen) atoms. The first-order valence-corrected chi connectivity index (χ1v) is 10.1. The van der Waals surface area contributed by atoms with E-state index in [1.54, 1.807) is 26.1 Å². The van der Waals surface area contributed by atoms with Gasteiger partial charge in [-0.3, -0.25) is 4.79 Å². The minimum absolute atomic E-state index is 0.173. The van der Waals surface area contributed by atoms with E-state index in [1.807, 2.05) is 44.2 Å². The van der Waals surface area contributed by atoms with Gasteiger partial charge < -0.3 is 9.90 Å². The van der Waals surface area contributed by atoms with Gasteiger partial charge in [-0.25, -0.2) is 4.79 Å². The van der Waals surface area contributed by atoms with Crippen molar-refractivity contribution in [2.45, 2.75) is 53.4 Å². The van der Waals surface area contributed by atoms with Crippen molar-refractivity contribution >= 4 is 23.4 Å². The van der Waals surface area contributed by atoms with Gasteiger partial charge in [-0.1, -0.05) is 64.4 Å². The molecule has 6 heteroatoms. The molecule has 0 bridgehead atoms. The Balaban J connectivity index is 2.63. The lowest BCUT2D eigenvalue weighted by atomic mass is 9.84. The van der Waals surface area contributed by atoms with E-state index in [0.717, 1.165) is 23.4 Å². The Bertz CT molecular complexity index is 827. The normalized spacial score (nSPS) is 19.0. The Morgan fingerprint density at radius 1 is 1.07 bits per heavy atom.